The van der Waals surface area contributed by atoms with Gasteiger partial charge in [0.2, 0.25) is 0 Å². The van der Waals surface area contributed by atoms with Crippen LogP contribution in [0, 0.1) is 10.1 Å². The van der Waals surface area contributed by atoms with Crippen molar-refractivity contribution in [2.75, 3.05) is 7.11 Å². The van der Waals surface area contributed by atoms with Crippen molar-refractivity contribution in [2.24, 2.45) is 0 Å². The normalized spacial score (nSPS) is 14.3. The Morgan fingerprint density at radius 1 is 1.80 bits per heavy atom. The van der Waals surface area contributed by atoms with E-state index >= 15 is 0 Å². The highest BCUT2D eigenvalue weighted by atomic mass is 16.6. The Morgan fingerprint density at radius 3 is 2.87 bits per heavy atom. The van der Waals surface area contributed by atoms with Gasteiger partial charge in [-0.1, -0.05) is 0 Å². The van der Waals surface area contributed by atoms with Gasteiger partial charge in [0.15, 0.2) is 0 Å². The molecule has 0 aromatic carbocycles. The van der Waals surface area contributed by atoms with Crippen LogP contribution in [0.1, 0.15) is 12.6 Å². The second-order valence-corrected chi connectivity index (χ2v) is 3.28. The molecule has 0 bridgehead atoms. The van der Waals surface area contributed by atoms with Gasteiger partial charge in [0, 0.05) is 23.7 Å². The number of ether oxygens (including phenoxy) is 1. The van der Waals surface area contributed by atoms with Crippen LogP contribution in [0.4, 0.5) is 0 Å². The van der Waals surface area contributed by atoms with Crippen LogP contribution in [0.15, 0.2) is 12.5 Å². The predicted molar refractivity (Wildman–Crippen MR) is 49.7 cm³/mol. The summed E-state index contributed by atoms with van der Waals surface area (Å²) in [6, 6.07) is 0. The number of hydrogen-bond acceptors (Lipinski definition) is 5. The maximum atomic E-state index is 11.3. The number of hydrogen-bond donors (Lipinski definition) is 1. The third kappa shape index (κ3) is 2.12. The molecule has 1 rings (SSSR count). The number of carbonyl (C=O) groups is 1. The van der Waals surface area contributed by atoms with E-state index in [2.05, 4.69) is 14.7 Å². The maximum absolute atomic E-state index is 11.3. The van der Waals surface area contributed by atoms with E-state index in [4.69, 9.17) is 0 Å². The Labute approximate surface area is 85.6 Å². The monoisotopic (exact) mass is 213 g/mol. The van der Waals surface area contributed by atoms with Crippen LogP contribution in [0.2, 0.25) is 0 Å². The first-order chi connectivity index (χ1) is 7.00. The summed E-state index contributed by atoms with van der Waals surface area (Å²) < 4.78 is 4.41. The summed E-state index contributed by atoms with van der Waals surface area (Å²) >= 11 is 0. The Morgan fingerprint density at radius 2 is 2.47 bits per heavy atom. The van der Waals surface area contributed by atoms with Gasteiger partial charge in [0.05, 0.1) is 19.9 Å². The van der Waals surface area contributed by atoms with Crippen LogP contribution in [0.25, 0.3) is 0 Å². The van der Waals surface area contributed by atoms with Crippen molar-refractivity contribution in [2.45, 2.75) is 18.9 Å². The Balaban J connectivity index is 2.92. The van der Waals surface area contributed by atoms with E-state index in [9.17, 15) is 14.9 Å². The van der Waals surface area contributed by atoms with Crippen LogP contribution in [-0.2, 0) is 16.0 Å². The highest BCUT2D eigenvalue weighted by Gasteiger charge is 2.47. The fourth-order valence-corrected chi connectivity index (χ4v) is 1.18. The number of esters is 1. The summed E-state index contributed by atoms with van der Waals surface area (Å²) in [6.07, 6.45) is 2.75. The molecular weight excluding hydrogens is 202 g/mol. The van der Waals surface area contributed by atoms with Crippen LogP contribution < -0.4 is 0 Å². The number of rotatable bonds is 4. The fraction of sp³-hybridized carbons (Fsp3) is 0.500. The Bertz CT molecular complexity index is 362. The van der Waals surface area contributed by atoms with E-state index in [1.165, 1.54) is 19.4 Å². The molecule has 1 unspecified atom stereocenters. The summed E-state index contributed by atoms with van der Waals surface area (Å²) in [5, 5.41) is 10.8. The van der Waals surface area contributed by atoms with Gasteiger partial charge in [-0.2, -0.15) is 0 Å². The molecule has 1 N–H and O–H groups in total. The summed E-state index contributed by atoms with van der Waals surface area (Å²) in [6.45, 7) is 1.22. The topological polar surface area (TPSA) is 98.1 Å². The second-order valence-electron chi connectivity index (χ2n) is 3.28. The van der Waals surface area contributed by atoms with E-state index in [0.717, 1.165) is 7.11 Å². The minimum atomic E-state index is -1.78. The molecule has 0 radical (unpaired) electrons. The van der Waals surface area contributed by atoms with Crippen molar-refractivity contribution >= 4 is 5.97 Å². The SMILES string of the molecule is COC(=O)C(C)(Cc1cnc[nH]1)[N+](=O)[O-]. The fourth-order valence-electron chi connectivity index (χ4n) is 1.18. The zero-order chi connectivity index (χ0) is 11.5. The second kappa shape index (κ2) is 4.07. The van der Waals surface area contributed by atoms with Crippen molar-refractivity contribution in [1.29, 1.82) is 0 Å². The number of nitro groups is 1. The van der Waals surface area contributed by atoms with Crippen molar-refractivity contribution in [3.05, 3.63) is 28.3 Å². The zero-order valence-corrected chi connectivity index (χ0v) is 8.39. The van der Waals surface area contributed by atoms with Gasteiger partial charge in [0.25, 0.3) is 0 Å². The first kappa shape index (κ1) is 11.2. The lowest BCUT2D eigenvalue weighted by atomic mass is 9.97. The van der Waals surface area contributed by atoms with Gasteiger partial charge in [-0.25, -0.2) is 9.78 Å². The molecule has 0 fully saturated rings. The number of nitrogens with zero attached hydrogens (tertiary/aromatic N) is 2. The first-order valence-electron chi connectivity index (χ1n) is 4.21. The lowest BCUT2D eigenvalue weighted by Gasteiger charge is -2.16. The van der Waals surface area contributed by atoms with Crippen LogP contribution in [0.5, 0.6) is 0 Å². The number of aromatic nitrogens is 2. The van der Waals surface area contributed by atoms with E-state index in [1.54, 1.807) is 0 Å². The molecule has 0 aliphatic carbocycles. The van der Waals surface area contributed by atoms with Crippen LogP contribution >= 0.6 is 0 Å². The van der Waals surface area contributed by atoms with Gasteiger partial charge >= 0.3 is 11.5 Å². The number of aromatic amines is 1. The van der Waals surface area contributed by atoms with Gasteiger partial charge in [-0.05, 0) is 0 Å². The van der Waals surface area contributed by atoms with Crippen molar-refractivity contribution in [1.82, 2.24) is 9.97 Å². The van der Waals surface area contributed by atoms with Gasteiger partial charge in [-0.15, -0.1) is 0 Å². The van der Waals surface area contributed by atoms with Crippen molar-refractivity contribution in [3.8, 4) is 0 Å². The molecule has 82 valence electrons. The zero-order valence-electron chi connectivity index (χ0n) is 8.39. The van der Waals surface area contributed by atoms with E-state index in [-0.39, 0.29) is 6.42 Å². The quantitative estimate of drug-likeness (QED) is 0.436. The van der Waals surface area contributed by atoms with Crippen molar-refractivity contribution < 1.29 is 14.5 Å². The third-order valence-electron chi connectivity index (χ3n) is 2.12. The number of imidazole rings is 1. The van der Waals surface area contributed by atoms with Crippen molar-refractivity contribution in [3.63, 3.8) is 0 Å². The maximum Gasteiger partial charge on any atom is 0.384 e. The Kier molecular flexibility index (Phi) is 3.03. The molecule has 0 amide bonds. The minimum absolute atomic E-state index is 0.0767. The molecule has 15 heavy (non-hydrogen) atoms. The predicted octanol–water partition coefficient (Wildman–Crippen LogP) is 0.161. The molecule has 1 heterocycles. The molecule has 7 heteroatoms. The smallest absolute Gasteiger partial charge is 0.384 e. The molecule has 0 aliphatic rings. The van der Waals surface area contributed by atoms with Crippen LogP contribution in [-0.4, -0.2) is 33.5 Å². The largest absolute Gasteiger partial charge is 0.464 e. The average molecular weight is 213 g/mol. The molecule has 1 aromatic rings. The van der Waals surface area contributed by atoms with Gasteiger partial charge in [0.1, 0.15) is 0 Å². The average Bonchev–Trinajstić information content (AvgIpc) is 2.68. The van der Waals surface area contributed by atoms with E-state index in [0.29, 0.717) is 5.69 Å². The summed E-state index contributed by atoms with van der Waals surface area (Å²) in [5.41, 5.74) is -1.26. The highest BCUT2D eigenvalue weighted by molar-refractivity contribution is 5.78. The molecular formula is C8H11N3O4. The highest BCUT2D eigenvalue weighted by Crippen LogP contribution is 2.17. The molecule has 0 aliphatic heterocycles. The molecule has 1 atom stereocenters. The third-order valence-corrected chi connectivity index (χ3v) is 2.12. The standard InChI is InChI=1S/C8H11N3O4/c1-8(11(13)14,7(12)15-2)3-6-4-9-5-10-6/h4-5H,3H2,1-2H3,(H,9,10). The number of methoxy groups -OCH3 is 1. The summed E-state index contributed by atoms with van der Waals surface area (Å²) in [7, 11) is 1.12. The summed E-state index contributed by atoms with van der Waals surface area (Å²) in [5.74, 6) is -0.873. The number of H-pyrrole nitrogens is 1. The molecule has 1 aromatic heterocycles. The van der Waals surface area contributed by atoms with Gasteiger partial charge < -0.3 is 9.72 Å². The number of nitrogens with one attached hydrogen (secondary N) is 1. The molecule has 0 spiro atoms. The molecule has 0 saturated carbocycles. The number of carbonyl (C=O) groups excluding carboxylic acids is 1. The summed E-state index contributed by atoms with van der Waals surface area (Å²) in [4.78, 5) is 27.9. The minimum Gasteiger partial charge on any atom is -0.464 e. The first-order valence-corrected chi connectivity index (χ1v) is 4.21. The van der Waals surface area contributed by atoms with Crippen LogP contribution in [0.3, 0.4) is 0 Å². The van der Waals surface area contributed by atoms with E-state index < -0.39 is 16.4 Å². The Hall–Kier alpha value is -1.92. The lowest BCUT2D eigenvalue weighted by Crippen LogP contribution is -2.46. The van der Waals surface area contributed by atoms with E-state index in [1.807, 2.05) is 0 Å². The molecule has 0 saturated heterocycles. The lowest BCUT2D eigenvalue weighted by molar-refractivity contribution is -0.550. The van der Waals surface area contributed by atoms with Gasteiger partial charge in [-0.3, -0.25) is 10.1 Å². The molecule has 7 nitrogen and oxygen atoms in total.